The Bertz CT molecular complexity index is 532. The molecular formula is C20H24FeO. The molecule has 0 spiro atoms. The quantitative estimate of drug-likeness (QED) is 0.575. The van der Waals surface area contributed by atoms with Gasteiger partial charge in [0, 0.05) is 5.75 Å². The van der Waals surface area contributed by atoms with Crippen molar-refractivity contribution in [2.24, 2.45) is 17.8 Å². The SMILES string of the molecule is O[c-]1cccc1.[Fe+2].c1cc[c-](C23CC4CC(CC(C4)C2)C3)c1. The normalized spacial score (nSPS) is 34.6. The summed E-state index contributed by atoms with van der Waals surface area (Å²) in [6.07, 6.45) is 9.18. The van der Waals surface area contributed by atoms with Crippen LogP contribution in [-0.4, -0.2) is 5.11 Å². The topological polar surface area (TPSA) is 20.2 Å². The summed E-state index contributed by atoms with van der Waals surface area (Å²) in [7, 11) is 0. The van der Waals surface area contributed by atoms with E-state index >= 15 is 0 Å². The molecule has 0 amide bonds. The van der Waals surface area contributed by atoms with Gasteiger partial charge >= 0.3 is 17.1 Å². The van der Waals surface area contributed by atoms with Gasteiger partial charge in [0.05, 0.1) is 0 Å². The molecule has 4 aliphatic rings. The fourth-order valence-electron chi connectivity index (χ4n) is 5.56. The molecule has 2 heteroatoms. The van der Waals surface area contributed by atoms with Crippen LogP contribution in [0.25, 0.3) is 0 Å². The first-order valence-electron chi connectivity index (χ1n) is 8.36. The second kappa shape index (κ2) is 6.26. The van der Waals surface area contributed by atoms with Crippen molar-refractivity contribution >= 4 is 0 Å². The standard InChI is InChI=1S/C15H19.C5H5O.Fe/c1-2-4-14(3-1)15-8-11-5-12(9-15)7-13(6-11)10-15;6-5-3-1-2-4-5;/h1-4,11-13H,5-10H2;1-4,6H;/q2*-1;+2. The van der Waals surface area contributed by atoms with Crippen LogP contribution in [0.4, 0.5) is 0 Å². The van der Waals surface area contributed by atoms with Gasteiger partial charge in [0.2, 0.25) is 0 Å². The predicted molar refractivity (Wildman–Crippen MR) is 85.6 cm³/mol. The molecular weight excluding hydrogens is 312 g/mol. The molecule has 0 aromatic heterocycles. The minimum Gasteiger partial charge on any atom is -0.566 e. The largest absolute Gasteiger partial charge is 2.00 e. The molecule has 0 heterocycles. The van der Waals surface area contributed by atoms with Crippen LogP contribution in [-0.2, 0) is 22.5 Å². The van der Waals surface area contributed by atoms with Crippen molar-refractivity contribution in [2.45, 2.75) is 43.9 Å². The molecule has 0 unspecified atom stereocenters. The molecule has 0 atom stereocenters. The second-order valence-corrected chi connectivity index (χ2v) is 7.51. The van der Waals surface area contributed by atoms with Gasteiger partial charge in [-0.1, -0.05) is 19.3 Å². The molecule has 0 aliphatic heterocycles. The van der Waals surface area contributed by atoms with Crippen molar-refractivity contribution in [3.8, 4) is 5.75 Å². The summed E-state index contributed by atoms with van der Waals surface area (Å²) in [5.74, 6) is 3.57. The van der Waals surface area contributed by atoms with E-state index in [1.807, 2.05) is 0 Å². The fraction of sp³-hybridized carbons (Fsp3) is 0.500. The third-order valence-corrected chi connectivity index (χ3v) is 5.96. The molecule has 4 saturated carbocycles. The smallest absolute Gasteiger partial charge is 0.566 e. The summed E-state index contributed by atoms with van der Waals surface area (Å²) in [6.45, 7) is 0. The van der Waals surface area contributed by atoms with Gasteiger partial charge in [0.25, 0.3) is 0 Å². The molecule has 118 valence electrons. The third kappa shape index (κ3) is 2.92. The Morgan fingerprint density at radius 3 is 1.50 bits per heavy atom. The van der Waals surface area contributed by atoms with Crippen LogP contribution in [0.1, 0.15) is 44.1 Å². The van der Waals surface area contributed by atoms with Gasteiger partial charge < -0.3 is 5.11 Å². The average Bonchev–Trinajstić information content (AvgIpc) is 3.10. The minimum absolute atomic E-state index is 0. The molecule has 2 aromatic carbocycles. The van der Waals surface area contributed by atoms with Gasteiger partial charge in [-0.25, -0.2) is 24.3 Å². The second-order valence-electron chi connectivity index (χ2n) is 7.51. The van der Waals surface area contributed by atoms with Crippen LogP contribution in [0.3, 0.4) is 0 Å². The maximum Gasteiger partial charge on any atom is 2.00 e. The fourth-order valence-corrected chi connectivity index (χ4v) is 5.56. The molecule has 2 aromatic rings. The first kappa shape index (κ1) is 15.9. The van der Waals surface area contributed by atoms with Gasteiger partial charge in [-0.05, 0) is 42.4 Å². The maximum atomic E-state index is 8.47. The molecule has 1 N–H and O–H groups in total. The Morgan fingerprint density at radius 2 is 1.14 bits per heavy atom. The van der Waals surface area contributed by atoms with Gasteiger partial charge in [-0.15, -0.1) is 12.1 Å². The monoisotopic (exact) mass is 336 g/mol. The summed E-state index contributed by atoms with van der Waals surface area (Å²) >= 11 is 0. The Labute approximate surface area is 143 Å². The molecule has 4 bridgehead atoms. The Balaban J connectivity index is 0.000000177. The Morgan fingerprint density at radius 1 is 0.727 bits per heavy atom. The van der Waals surface area contributed by atoms with Gasteiger partial charge in [0.1, 0.15) is 0 Å². The Hall–Kier alpha value is -0.981. The van der Waals surface area contributed by atoms with Gasteiger partial charge in [-0.2, -0.15) is 17.7 Å². The first-order valence-corrected chi connectivity index (χ1v) is 8.36. The molecule has 0 radical (unpaired) electrons. The van der Waals surface area contributed by atoms with Crippen molar-refractivity contribution in [1.82, 2.24) is 0 Å². The molecule has 6 rings (SSSR count). The molecule has 4 aliphatic carbocycles. The van der Waals surface area contributed by atoms with Gasteiger partial charge in [0.15, 0.2) is 0 Å². The van der Waals surface area contributed by atoms with Crippen LogP contribution in [0.2, 0.25) is 0 Å². The summed E-state index contributed by atoms with van der Waals surface area (Å²) in [6, 6.07) is 16.1. The molecule has 0 saturated heterocycles. The zero-order valence-electron chi connectivity index (χ0n) is 12.9. The van der Waals surface area contributed by atoms with Gasteiger partial charge in [-0.3, -0.25) is 0 Å². The van der Waals surface area contributed by atoms with Crippen molar-refractivity contribution in [1.29, 1.82) is 0 Å². The number of hydrogen-bond acceptors (Lipinski definition) is 1. The summed E-state index contributed by atoms with van der Waals surface area (Å²) in [5, 5.41) is 8.47. The zero-order chi connectivity index (χ0) is 14.3. The van der Waals surface area contributed by atoms with E-state index in [4.69, 9.17) is 5.11 Å². The van der Waals surface area contributed by atoms with E-state index in [1.165, 1.54) is 19.3 Å². The van der Waals surface area contributed by atoms with Crippen molar-refractivity contribution in [3.05, 3.63) is 54.1 Å². The Kier molecular flexibility index (Phi) is 4.52. The zero-order valence-corrected chi connectivity index (χ0v) is 14.0. The summed E-state index contributed by atoms with van der Waals surface area (Å²) in [4.78, 5) is 0. The van der Waals surface area contributed by atoms with Crippen LogP contribution in [0.5, 0.6) is 5.75 Å². The number of aromatic hydroxyl groups is 1. The average molecular weight is 336 g/mol. The minimum atomic E-state index is 0. The molecule has 4 fully saturated rings. The van der Waals surface area contributed by atoms with Crippen molar-refractivity contribution < 1.29 is 22.2 Å². The number of hydrogen-bond donors (Lipinski definition) is 1. The predicted octanol–water partition coefficient (Wildman–Crippen LogP) is 4.98. The molecule has 22 heavy (non-hydrogen) atoms. The van der Waals surface area contributed by atoms with Crippen LogP contribution < -0.4 is 0 Å². The summed E-state index contributed by atoms with van der Waals surface area (Å²) < 4.78 is 0. The van der Waals surface area contributed by atoms with E-state index in [-0.39, 0.29) is 17.1 Å². The van der Waals surface area contributed by atoms with E-state index < -0.39 is 0 Å². The van der Waals surface area contributed by atoms with Crippen LogP contribution in [0, 0.1) is 17.8 Å². The van der Waals surface area contributed by atoms with E-state index in [0.29, 0.717) is 11.2 Å². The van der Waals surface area contributed by atoms with E-state index in [2.05, 4.69) is 24.3 Å². The first-order chi connectivity index (χ1) is 10.2. The van der Waals surface area contributed by atoms with E-state index in [1.54, 1.807) is 49.1 Å². The van der Waals surface area contributed by atoms with Crippen molar-refractivity contribution in [2.75, 3.05) is 0 Å². The third-order valence-electron chi connectivity index (χ3n) is 5.96. The number of rotatable bonds is 1. The van der Waals surface area contributed by atoms with E-state index in [9.17, 15) is 0 Å². The molecule has 1 nitrogen and oxygen atoms in total. The van der Waals surface area contributed by atoms with Crippen LogP contribution in [0.15, 0.2) is 48.5 Å². The maximum absolute atomic E-state index is 8.47. The van der Waals surface area contributed by atoms with E-state index in [0.717, 1.165) is 17.8 Å². The van der Waals surface area contributed by atoms with Crippen molar-refractivity contribution in [3.63, 3.8) is 0 Å². The van der Waals surface area contributed by atoms with Crippen LogP contribution >= 0.6 is 0 Å². The summed E-state index contributed by atoms with van der Waals surface area (Å²) in [5.41, 5.74) is 2.29.